The summed E-state index contributed by atoms with van der Waals surface area (Å²) < 4.78 is 13.6. The van der Waals surface area contributed by atoms with Crippen LogP contribution < -0.4 is 5.73 Å². The van der Waals surface area contributed by atoms with Crippen LogP contribution in [0.5, 0.6) is 0 Å². The van der Waals surface area contributed by atoms with E-state index in [1.54, 1.807) is 0 Å². The molecule has 2 rings (SSSR count). The molecule has 0 aliphatic rings. The van der Waals surface area contributed by atoms with Gasteiger partial charge in [-0.15, -0.1) is 0 Å². The summed E-state index contributed by atoms with van der Waals surface area (Å²) in [7, 11) is 0. The highest BCUT2D eigenvalue weighted by atomic mass is 35.5. The number of rotatable bonds is 2. The summed E-state index contributed by atoms with van der Waals surface area (Å²) in [4.78, 5) is 12.1. The molecule has 2 aromatic carbocycles. The van der Waals surface area contributed by atoms with Gasteiger partial charge in [-0.1, -0.05) is 23.2 Å². The highest BCUT2D eigenvalue weighted by Gasteiger charge is 2.15. The van der Waals surface area contributed by atoms with Crippen molar-refractivity contribution in [2.24, 2.45) is 0 Å². The summed E-state index contributed by atoms with van der Waals surface area (Å²) in [6.07, 6.45) is 0. The first-order valence-electron chi connectivity index (χ1n) is 5.04. The largest absolute Gasteiger partial charge is 0.398 e. The van der Waals surface area contributed by atoms with Gasteiger partial charge in [-0.05, 0) is 36.4 Å². The highest BCUT2D eigenvalue weighted by Crippen LogP contribution is 2.23. The van der Waals surface area contributed by atoms with Gasteiger partial charge in [0.25, 0.3) is 0 Å². The van der Waals surface area contributed by atoms with Crippen molar-refractivity contribution in [2.75, 3.05) is 5.73 Å². The summed E-state index contributed by atoms with van der Waals surface area (Å²) in [6, 6.07) is 8.29. The Labute approximate surface area is 113 Å². The van der Waals surface area contributed by atoms with Crippen LogP contribution in [-0.4, -0.2) is 5.78 Å². The zero-order valence-electron chi connectivity index (χ0n) is 9.08. The maximum absolute atomic E-state index is 13.6. The Balaban J connectivity index is 2.44. The van der Waals surface area contributed by atoms with E-state index in [0.717, 1.165) is 6.07 Å². The van der Waals surface area contributed by atoms with Crippen molar-refractivity contribution in [2.45, 2.75) is 0 Å². The van der Waals surface area contributed by atoms with Crippen LogP contribution >= 0.6 is 23.2 Å². The van der Waals surface area contributed by atoms with Crippen molar-refractivity contribution in [1.82, 2.24) is 0 Å². The Morgan fingerprint density at radius 3 is 2.44 bits per heavy atom. The second-order valence-electron chi connectivity index (χ2n) is 3.69. The summed E-state index contributed by atoms with van der Waals surface area (Å²) in [5.41, 5.74) is 6.10. The van der Waals surface area contributed by atoms with Crippen LogP contribution in [0.25, 0.3) is 0 Å². The molecule has 0 bridgehead atoms. The number of nitrogen functional groups attached to an aromatic ring is 1. The average Bonchev–Trinajstić information content (AvgIpc) is 2.32. The lowest BCUT2D eigenvalue weighted by molar-refractivity contribution is 0.103. The van der Waals surface area contributed by atoms with Crippen LogP contribution in [0, 0.1) is 5.82 Å². The van der Waals surface area contributed by atoms with Gasteiger partial charge in [0.2, 0.25) is 0 Å². The van der Waals surface area contributed by atoms with Crippen LogP contribution in [0.3, 0.4) is 0 Å². The Bertz CT molecular complexity index is 628. The van der Waals surface area contributed by atoms with Gasteiger partial charge in [-0.3, -0.25) is 4.79 Å². The third-order valence-corrected chi connectivity index (χ3v) is 3.01. The van der Waals surface area contributed by atoms with Crippen molar-refractivity contribution < 1.29 is 9.18 Å². The first-order chi connectivity index (χ1) is 8.49. The summed E-state index contributed by atoms with van der Waals surface area (Å²) >= 11 is 11.4. The minimum absolute atomic E-state index is 0.0545. The van der Waals surface area contributed by atoms with Crippen LogP contribution in [-0.2, 0) is 0 Å². The molecule has 5 heteroatoms. The summed E-state index contributed by atoms with van der Waals surface area (Å²) in [6.45, 7) is 0. The van der Waals surface area contributed by atoms with Gasteiger partial charge in [0.1, 0.15) is 5.82 Å². The van der Waals surface area contributed by atoms with Gasteiger partial charge >= 0.3 is 0 Å². The van der Waals surface area contributed by atoms with Gasteiger partial charge in [-0.2, -0.15) is 0 Å². The zero-order chi connectivity index (χ0) is 13.3. The number of ketones is 1. The number of carbonyl (C=O) groups excluding carboxylic acids is 1. The molecule has 0 saturated heterocycles. The number of nitrogens with two attached hydrogens (primary N) is 1. The minimum atomic E-state index is -0.666. The topological polar surface area (TPSA) is 43.1 Å². The Hall–Kier alpha value is -1.58. The first kappa shape index (κ1) is 12.9. The molecule has 0 aromatic heterocycles. The van der Waals surface area contributed by atoms with Crippen molar-refractivity contribution in [3.05, 3.63) is 63.4 Å². The third kappa shape index (κ3) is 2.47. The number of halogens is 3. The molecule has 0 amide bonds. The fourth-order valence-electron chi connectivity index (χ4n) is 1.51. The van der Waals surface area contributed by atoms with E-state index >= 15 is 0 Å². The van der Waals surface area contributed by atoms with Crippen molar-refractivity contribution >= 4 is 34.7 Å². The third-order valence-electron chi connectivity index (χ3n) is 2.43. The van der Waals surface area contributed by atoms with E-state index in [9.17, 15) is 9.18 Å². The number of hydrogen-bond donors (Lipinski definition) is 1. The van der Waals surface area contributed by atoms with E-state index in [-0.39, 0.29) is 21.8 Å². The number of benzene rings is 2. The van der Waals surface area contributed by atoms with Crippen LogP contribution in [0.15, 0.2) is 36.4 Å². The second kappa shape index (κ2) is 4.96. The fraction of sp³-hybridized carbons (Fsp3) is 0. The number of hydrogen-bond acceptors (Lipinski definition) is 2. The lowest BCUT2D eigenvalue weighted by atomic mass is 10.0. The molecule has 0 fully saturated rings. The molecule has 0 aliphatic heterocycles. The first-order valence-corrected chi connectivity index (χ1v) is 5.79. The highest BCUT2D eigenvalue weighted by molar-refractivity contribution is 6.33. The van der Waals surface area contributed by atoms with E-state index in [2.05, 4.69) is 0 Å². The van der Waals surface area contributed by atoms with Crippen LogP contribution in [0.1, 0.15) is 15.9 Å². The van der Waals surface area contributed by atoms with Crippen LogP contribution in [0.2, 0.25) is 10.0 Å². The maximum Gasteiger partial charge on any atom is 0.196 e. The minimum Gasteiger partial charge on any atom is -0.398 e. The molecule has 2 aromatic rings. The molecule has 2 N–H and O–H groups in total. The predicted octanol–water partition coefficient (Wildman–Crippen LogP) is 3.95. The standard InChI is InChI=1S/C13H8Cl2FNO/c14-8-2-3-9(11(16)6-8)13(18)7-1-4-10(15)12(17)5-7/h1-6H,17H2. The summed E-state index contributed by atoms with van der Waals surface area (Å²) in [5, 5.41) is 0.586. The van der Waals surface area contributed by atoms with Gasteiger partial charge in [0, 0.05) is 10.6 Å². The lowest BCUT2D eigenvalue weighted by Crippen LogP contribution is -2.05. The Morgan fingerprint density at radius 1 is 1.11 bits per heavy atom. The average molecular weight is 284 g/mol. The molecule has 0 unspecified atom stereocenters. The van der Waals surface area contributed by atoms with E-state index in [0.29, 0.717) is 5.02 Å². The molecule has 0 spiro atoms. The molecule has 0 aliphatic carbocycles. The molecular formula is C13H8Cl2FNO. The van der Waals surface area contributed by atoms with E-state index in [1.165, 1.54) is 30.3 Å². The van der Waals surface area contributed by atoms with Gasteiger partial charge in [0.05, 0.1) is 16.3 Å². The van der Waals surface area contributed by atoms with Gasteiger partial charge in [0.15, 0.2) is 5.78 Å². The van der Waals surface area contributed by atoms with Gasteiger partial charge < -0.3 is 5.73 Å². The van der Waals surface area contributed by atoms with Gasteiger partial charge in [-0.25, -0.2) is 4.39 Å². The monoisotopic (exact) mass is 283 g/mol. The lowest BCUT2D eigenvalue weighted by Gasteiger charge is -2.05. The quantitative estimate of drug-likeness (QED) is 0.670. The predicted molar refractivity (Wildman–Crippen MR) is 70.7 cm³/mol. The molecule has 0 radical (unpaired) electrons. The zero-order valence-corrected chi connectivity index (χ0v) is 10.6. The maximum atomic E-state index is 13.6. The van der Waals surface area contributed by atoms with E-state index in [1.807, 2.05) is 0 Å². The SMILES string of the molecule is Nc1cc(C(=O)c2ccc(Cl)cc2F)ccc1Cl. The summed E-state index contributed by atoms with van der Waals surface area (Å²) in [5.74, 6) is -1.13. The molecule has 2 nitrogen and oxygen atoms in total. The number of anilines is 1. The molecule has 0 heterocycles. The fourth-order valence-corrected chi connectivity index (χ4v) is 1.79. The van der Waals surface area contributed by atoms with E-state index < -0.39 is 11.6 Å². The Morgan fingerprint density at radius 2 is 1.83 bits per heavy atom. The molecule has 18 heavy (non-hydrogen) atoms. The normalized spacial score (nSPS) is 10.4. The van der Waals surface area contributed by atoms with Crippen molar-refractivity contribution in [3.63, 3.8) is 0 Å². The Kier molecular flexibility index (Phi) is 3.55. The van der Waals surface area contributed by atoms with Crippen LogP contribution in [0.4, 0.5) is 10.1 Å². The van der Waals surface area contributed by atoms with E-state index in [4.69, 9.17) is 28.9 Å². The second-order valence-corrected chi connectivity index (χ2v) is 4.53. The molecule has 92 valence electrons. The number of carbonyl (C=O) groups is 1. The molecule has 0 atom stereocenters. The van der Waals surface area contributed by atoms with Crippen molar-refractivity contribution in [1.29, 1.82) is 0 Å². The molecular weight excluding hydrogens is 276 g/mol. The molecule has 0 saturated carbocycles. The van der Waals surface area contributed by atoms with Crippen molar-refractivity contribution in [3.8, 4) is 0 Å². The smallest absolute Gasteiger partial charge is 0.196 e.